The van der Waals surface area contributed by atoms with Gasteiger partial charge in [-0.15, -0.1) is 0 Å². The number of hydrogen-bond donors (Lipinski definition) is 0. The van der Waals surface area contributed by atoms with E-state index in [1.807, 2.05) is 16.8 Å². The van der Waals surface area contributed by atoms with Gasteiger partial charge in [0.15, 0.2) is 6.23 Å². The largest absolute Gasteiger partial charge is 0.517 e. The van der Waals surface area contributed by atoms with Crippen LogP contribution in [0.2, 0.25) is 0 Å². The summed E-state index contributed by atoms with van der Waals surface area (Å²) in [6, 6.07) is 6.10. The molecule has 156 valence electrons. The van der Waals surface area contributed by atoms with Crippen molar-refractivity contribution in [2.75, 3.05) is 19.8 Å². The second-order valence-electron chi connectivity index (χ2n) is 9.20. The molecular formula is C21H29BN2O5. The van der Waals surface area contributed by atoms with Gasteiger partial charge in [0.2, 0.25) is 0 Å². The Hall–Kier alpha value is -1.61. The van der Waals surface area contributed by atoms with E-state index in [1.54, 1.807) is 0 Å². The molecule has 5 rings (SSSR count). The first-order valence-corrected chi connectivity index (χ1v) is 10.6. The van der Waals surface area contributed by atoms with E-state index in [0.717, 1.165) is 48.1 Å². The fourth-order valence-corrected chi connectivity index (χ4v) is 3.96. The van der Waals surface area contributed by atoms with Gasteiger partial charge in [-0.1, -0.05) is 0 Å². The molecule has 3 saturated heterocycles. The lowest BCUT2D eigenvalue weighted by Gasteiger charge is -2.32. The molecule has 0 saturated carbocycles. The molecule has 8 heteroatoms. The first-order valence-electron chi connectivity index (χ1n) is 10.6. The molecule has 0 bridgehead atoms. The highest BCUT2D eigenvalue weighted by molar-refractivity contribution is 6.64. The average molecular weight is 400 g/mol. The molecule has 1 aromatic carbocycles. The van der Waals surface area contributed by atoms with Gasteiger partial charge in [-0.3, -0.25) is 0 Å². The highest BCUT2D eigenvalue weighted by Crippen LogP contribution is 2.37. The third-order valence-electron chi connectivity index (χ3n) is 6.52. The van der Waals surface area contributed by atoms with Crippen molar-refractivity contribution in [2.45, 2.75) is 70.5 Å². The number of fused-ring (bicyclic) bond motifs is 1. The zero-order valence-electron chi connectivity index (χ0n) is 17.6. The Morgan fingerprint density at radius 2 is 1.86 bits per heavy atom. The Morgan fingerprint density at radius 3 is 2.48 bits per heavy atom. The van der Waals surface area contributed by atoms with Crippen LogP contribution in [0, 0.1) is 0 Å². The van der Waals surface area contributed by atoms with Gasteiger partial charge in [0, 0.05) is 12.0 Å². The molecule has 0 N–H and O–H groups in total. The topological polar surface area (TPSA) is 64.0 Å². The van der Waals surface area contributed by atoms with Crippen LogP contribution in [-0.2, 0) is 18.8 Å². The lowest BCUT2D eigenvalue weighted by molar-refractivity contribution is -0.0796. The minimum absolute atomic E-state index is 0.0609. The molecule has 0 radical (unpaired) electrons. The van der Waals surface area contributed by atoms with Crippen LogP contribution in [0.1, 0.15) is 53.2 Å². The summed E-state index contributed by atoms with van der Waals surface area (Å²) in [5, 5.41) is 5.92. The summed E-state index contributed by atoms with van der Waals surface area (Å²) in [6.07, 6.45) is 3.25. The van der Waals surface area contributed by atoms with Gasteiger partial charge >= 0.3 is 7.12 Å². The molecule has 0 spiro atoms. The van der Waals surface area contributed by atoms with Gasteiger partial charge in [-0.2, -0.15) is 5.10 Å². The van der Waals surface area contributed by atoms with Gasteiger partial charge in [-0.05, 0) is 65.2 Å². The molecule has 2 aromatic rings. The predicted molar refractivity (Wildman–Crippen MR) is 110 cm³/mol. The maximum Gasteiger partial charge on any atom is 0.517 e. The Balaban J connectivity index is 1.56. The Bertz CT molecular complexity index is 886. The van der Waals surface area contributed by atoms with E-state index >= 15 is 0 Å². The fourth-order valence-electron chi connectivity index (χ4n) is 3.96. The number of rotatable bonds is 4. The zero-order valence-corrected chi connectivity index (χ0v) is 17.6. The molecule has 1 atom stereocenters. The van der Waals surface area contributed by atoms with E-state index in [4.69, 9.17) is 28.6 Å². The number of nitrogens with zero attached hydrogens (tertiary/aromatic N) is 2. The zero-order chi connectivity index (χ0) is 20.2. The number of ether oxygens (including phenoxy) is 3. The van der Waals surface area contributed by atoms with E-state index in [0.29, 0.717) is 13.2 Å². The predicted octanol–water partition coefficient (Wildman–Crippen LogP) is 2.81. The third-order valence-corrected chi connectivity index (χ3v) is 6.52. The van der Waals surface area contributed by atoms with Gasteiger partial charge in [0.1, 0.15) is 17.4 Å². The van der Waals surface area contributed by atoms with Gasteiger partial charge < -0.3 is 23.5 Å². The van der Waals surface area contributed by atoms with Crippen LogP contribution in [-0.4, -0.2) is 54.0 Å². The normalized spacial score (nSPS) is 26.6. The monoisotopic (exact) mass is 400 g/mol. The number of hydrogen-bond acceptors (Lipinski definition) is 6. The summed E-state index contributed by atoms with van der Waals surface area (Å²) in [6.45, 7) is 10.3. The molecule has 1 unspecified atom stereocenters. The van der Waals surface area contributed by atoms with Crippen molar-refractivity contribution in [1.82, 2.24) is 9.78 Å². The maximum absolute atomic E-state index is 6.31. The molecule has 7 nitrogen and oxygen atoms in total. The lowest BCUT2D eigenvalue weighted by atomic mass is 9.82. The summed E-state index contributed by atoms with van der Waals surface area (Å²) < 4.78 is 31.9. The SMILES string of the molecule is CC1(C)OB(c2nn(C3CCCCO3)c3ccc(OC4COC4)cc23)OC1(C)C. The summed E-state index contributed by atoms with van der Waals surface area (Å²) in [5.41, 5.74) is 0.945. The Labute approximate surface area is 171 Å². The Kier molecular flexibility index (Phi) is 4.66. The minimum atomic E-state index is -0.533. The van der Waals surface area contributed by atoms with Crippen molar-refractivity contribution in [3.05, 3.63) is 18.2 Å². The van der Waals surface area contributed by atoms with Crippen LogP contribution < -0.4 is 10.3 Å². The van der Waals surface area contributed by atoms with Gasteiger partial charge in [0.05, 0.1) is 29.9 Å². The van der Waals surface area contributed by atoms with Gasteiger partial charge in [-0.25, -0.2) is 4.68 Å². The van der Waals surface area contributed by atoms with Crippen LogP contribution in [0.5, 0.6) is 5.75 Å². The fraction of sp³-hybridized carbons (Fsp3) is 0.667. The van der Waals surface area contributed by atoms with E-state index in [9.17, 15) is 0 Å². The van der Waals surface area contributed by atoms with Crippen LogP contribution in [0.15, 0.2) is 18.2 Å². The van der Waals surface area contributed by atoms with Crippen LogP contribution >= 0.6 is 0 Å². The smallest absolute Gasteiger partial charge is 0.486 e. The highest BCUT2D eigenvalue weighted by atomic mass is 16.7. The number of aromatic nitrogens is 2. The van der Waals surface area contributed by atoms with Crippen LogP contribution in [0.25, 0.3) is 10.9 Å². The molecule has 0 aliphatic carbocycles. The van der Waals surface area contributed by atoms with E-state index in [2.05, 4.69) is 33.8 Å². The minimum Gasteiger partial charge on any atom is -0.486 e. The van der Waals surface area contributed by atoms with Crippen molar-refractivity contribution in [3.8, 4) is 5.75 Å². The molecular weight excluding hydrogens is 371 g/mol. The summed E-state index contributed by atoms with van der Waals surface area (Å²) in [4.78, 5) is 0. The molecule has 0 amide bonds. The maximum atomic E-state index is 6.31. The van der Waals surface area contributed by atoms with Gasteiger partial charge in [0.25, 0.3) is 0 Å². The third kappa shape index (κ3) is 3.36. The molecule has 1 aromatic heterocycles. The standard InChI is InChI=1S/C21H29BN2O5/c1-20(2)21(3,4)29-22(28-20)19-16-11-14(27-15-12-25-13-15)8-9-17(16)24(23-19)18-7-5-6-10-26-18/h8-9,11,15,18H,5-7,10,12-13H2,1-4H3. The van der Waals surface area contributed by atoms with Crippen molar-refractivity contribution >= 4 is 23.6 Å². The molecule has 4 heterocycles. The van der Waals surface area contributed by atoms with Crippen molar-refractivity contribution < 1.29 is 23.5 Å². The highest BCUT2D eigenvalue weighted by Gasteiger charge is 2.53. The van der Waals surface area contributed by atoms with Crippen molar-refractivity contribution in [1.29, 1.82) is 0 Å². The van der Waals surface area contributed by atoms with Crippen molar-refractivity contribution in [2.24, 2.45) is 0 Å². The molecule has 29 heavy (non-hydrogen) atoms. The second kappa shape index (κ2) is 6.98. The average Bonchev–Trinajstić information content (AvgIpc) is 3.13. The first-order chi connectivity index (χ1) is 13.8. The summed E-state index contributed by atoms with van der Waals surface area (Å²) >= 11 is 0. The first kappa shape index (κ1) is 19.4. The van der Waals surface area contributed by atoms with Crippen molar-refractivity contribution in [3.63, 3.8) is 0 Å². The second-order valence-corrected chi connectivity index (χ2v) is 9.20. The van der Waals surface area contributed by atoms with E-state index in [-0.39, 0.29) is 12.3 Å². The van der Waals surface area contributed by atoms with E-state index in [1.165, 1.54) is 0 Å². The molecule has 3 aliphatic heterocycles. The molecule has 3 aliphatic rings. The molecule has 3 fully saturated rings. The Morgan fingerprint density at radius 1 is 1.10 bits per heavy atom. The summed E-state index contributed by atoms with van der Waals surface area (Å²) in [5.74, 6) is 0.813. The number of benzene rings is 1. The lowest BCUT2D eigenvalue weighted by Crippen LogP contribution is -2.41. The van der Waals surface area contributed by atoms with E-state index < -0.39 is 18.3 Å². The van der Waals surface area contributed by atoms with Crippen LogP contribution in [0.4, 0.5) is 0 Å². The van der Waals surface area contributed by atoms with Crippen LogP contribution in [0.3, 0.4) is 0 Å². The summed E-state index contributed by atoms with van der Waals surface area (Å²) in [7, 11) is -0.533. The quantitative estimate of drug-likeness (QED) is 0.736.